The van der Waals surface area contributed by atoms with Gasteiger partial charge >= 0.3 is 0 Å². The van der Waals surface area contributed by atoms with E-state index in [9.17, 15) is 0 Å². The molecule has 0 spiro atoms. The van der Waals surface area contributed by atoms with Gasteiger partial charge in [0.2, 0.25) is 5.88 Å². The summed E-state index contributed by atoms with van der Waals surface area (Å²) in [5, 5.41) is 2.27. The first-order valence-corrected chi connectivity index (χ1v) is 7.01. The maximum atomic E-state index is 5.89. The highest BCUT2D eigenvalue weighted by molar-refractivity contribution is 9.10. The van der Waals surface area contributed by atoms with Gasteiger partial charge in [-0.25, -0.2) is 4.98 Å². The van der Waals surface area contributed by atoms with Crippen LogP contribution in [0.25, 0.3) is 10.8 Å². The number of aryl methyl sites for hydroxylation is 1. The van der Waals surface area contributed by atoms with E-state index in [1.54, 1.807) is 6.20 Å². The molecule has 0 fully saturated rings. The fourth-order valence-electron chi connectivity index (χ4n) is 2.09. The third-order valence-electron chi connectivity index (χ3n) is 3.09. The maximum Gasteiger partial charge on any atom is 0.222 e. The van der Waals surface area contributed by atoms with Gasteiger partial charge in [0.05, 0.1) is 16.4 Å². The SMILES string of the molecule is Cc1cc(N)cnc1Oc1ccc2ccccc2c1Br. The Labute approximate surface area is 125 Å². The second-order valence-electron chi connectivity index (χ2n) is 4.59. The summed E-state index contributed by atoms with van der Waals surface area (Å²) < 4.78 is 6.81. The van der Waals surface area contributed by atoms with Gasteiger partial charge in [0.1, 0.15) is 5.75 Å². The Bertz CT molecular complexity index is 787. The standard InChI is InChI=1S/C16H13BrN2O/c1-10-8-12(18)9-19-16(10)20-14-7-6-11-4-2-3-5-13(11)15(14)17/h2-9H,18H2,1H3. The molecule has 4 heteroatoms. The average Bonchev–Trinajstić information content (AvgIpc) is 2.45. The molecule has 0 unspecified atom stereocenters. The molecule has 2 aromatic carbocycles. The molecular weight excluding hydrogens is 316 g/mol. The topological polar surface area (TPSA) is 48.1 Å². The molecule has 0 radical (unpaired) electrons. The number of halogens is 1. The van der Waals surface area contributed by atoms with E-state index < -0.39 is 0 Å². The number of nitrogens with two attached hydrogens (primary N) is 1. The van der Waals surface area contributed by atoms with Crippen LogP contribution in [0.4, 0.5) is 5.69 Å². The summed E-state index contributed by atoms with van der Waals surface area (Å²) in [4.78, 5) is 4.23. The van der Waals surface area contributed by atoms with Gasteiger partial charge in [0.15, 0.2) is 0 Å². The van der Waals surface area contributed by atoms with Crippen LogP contribution >= 0.6 is 15.9 Å². The van der Waals surface area contributed by atoms with Crippen molar-refractivity contribution in [3.63, 3.8) is 0 Å². The molecule has 1 heterocycles. The molecule has 0 aliphatic rings. The third kappa shape index (κ3) is 2.34. The van der Waals surface area contributed by atoms with E-state index in [1.807, 2.05) is 37.3 Å². The monoisotopic (exact) mass is 328 g/mol. The van der Waals surface area contributed by atoms with Gasteiger partial charge in [-0.3, -0.25) is 0 Å². The fraction of sp³-hybridized carbons (Fsp3) is 0.0625. The first-order valence-electron chi connectivity index (χ1n) is 6.22. The number of benzene rings is 2. The highest BCUT2D eigenvalue weighted by Gasteiger charge is 2.09. The van der Waals surface area contributed by atoms with E-state index in [2.05, 4.69) is 33.0 Å². The third-order valence-corrected chi connectivity index (χ3v) is 3.90. The highest BCUT2D eigenvalue weighted by Crippen LogP contribution is 2.36. The van der Waals surface area contributed by atoms with Crippen molar-refractivity contribution in [2.45, 2.75) is 6.92 Å². The number of pyridine rings is 1. The Hall–Kier alpha value is -2.07. The molecule has 0 atom stereocenters. The predicted molar refractivity (Wildman–Crippen MR) is 85.1 cm³/mol. The van der Waals surface area contributed by atoms with Gasteiger partial charge in [0.25, 0.3) is 0 Å². The number of hydrogen-bond donors (Lipinski definition) is 1. The lowest BCUT2D eigenvalue weighted by molar-refractivity contribution is 0.457. The van der Waals surface area contributed by atoms with Crippen LogP contribution in [0.3, 0.4) is 0 Å². The van der Waals surface area contributed by atoms with Crippen LogP contribution in [0, 0.1) is 6.92 Å². The number of aromatic nitrogens is 1. The summed E-state index contributed by atoms with van der Waals surface area (Å²) in [7, 11) is 0. The minimum atomic E-state index is 0.565. The zero-order chi connectivity index (χ0) is 14.1. The van der Waals surface area contributed by atoms with Crippen molar-refractivity contribution < 1.29 is 4.74 Å². The number of anilines is 1. The number of ether oxygens (including phenoxy) is 1. The lowest BCUT2D eigenvalue weighted by Gasteiger charge is -2.11. The molecule has 3 nitrogen and oxygen atoms in total. The van der Waals surface area contributed by atoms with Gasteiger partial charge < -0.3 is 10.5 Å². The van der Waals surface area contributed by atoms with Crippen LogP contribution in [0.15, 0.2) is 53.1 Å². The Morgan fingerprint density at radius 1 is 1.15 bits per heavy atom. The Balaban J connectivity index is 2.04. The summed E-state index contributed by atoms with van der Waals surface area (Å²) in [6, 6.07) is 13.9. The summed E-state index contributed by atoms with van der Waals surface area (Å²) >= 11 is 3.60. The Kier molecular flexibility index (Phi) is 3.32. The smallest absolute Gasteiger partial charge is 0.222 e. The van der Waals surface area contributed by atoms with Crippen molar-refractivity contribution in [3.8, 4) is 11.6 Å². The minimum Gasteiger partial charge on any atom is -0.438 e. The molecule has 0 aliphatic heterocycles. The highest BCUT2D eigenvalue weighted by atomic mass is 79.9. The van der Waals surface area contributed by atoms with Crippen molar-refractivity contribution in [3.05, 3.63) is 58.7 Å². The number of nitrogen functional groups attached to an aromatic ring is 1. The second-order valence-corrected chi connectivity index (χ2v) is 5.38. The van der Waals surface area contributed by atoms with Gasteiger partial charge in [-0.15, -0.1) is 0 Å². The van der Waals surface area contributed by atoms with E-state index >= 15 is 0 Å². The summed E-state index contributed by atoms with van der Waals surface area (Å²) in [6.45, 7) is 1.92. The van der Waals surface area contributed by atoms with Gasteiger partial charge in [-0.05, 0) is 45.8 Å². The lowest BCUT2D eigenvalue weighted by Crippen LogP contribution is -1.94. The van der Waals surface area contributed by atoms with Crippen LogP contribution < -0.4 is 10.5 Å². The molecule has 0 saturated heterocycles. The van der Waals surface area contributed by atoms with Crippen molar-refractivity contribution in [1.82, 2.24) is 4.98 Å². The number of fused-ring (bicyclic) bond motifs is 1. The molecule has 2 N–H and O–H groups in total. The molecule has 0 amide bonds. The van der Waals surface area contributed by atoms with Crippen LogP contribution in [0.1, 0.15) is 5.56 Å². The minimum absolute atomic E-state index is 0.565. The van der Waals surface area contributed by atoms with E-state index in [-0.39, 0.29) is 0 Å². The summed E-state index contributed by atoms with van der Waals surface area (Å²) in [5.41, 5.74) is 7.24. The largest absolute Gasteiger partial charge is 0.438 e. The summed E-state index contributed by atoms with van der Waals surface area (Å²) in [5.74, 6) is 1.30. The van der Waals surface area contributed by atoms with Crippen molar-refractivity contribution in [2.24, 2.45) is 0 Å². The molecular formula is C16H13BrN2O. The van der Waals surface area contributed by atoms with Gasteiger partial charge in [-0.2, -0.15) is 0 Å². The Morgan fingerprint density at radius 2 is 1.95 bits per heavy atom. The molecule has 3 rings (SSSR count). The molecule has 0 saturated carbocycles. The number of hydrogen-bond acceptors (Lipinski definition) is 3. The molecule has 100 valence electrons. The molecule has 0 aliphatic carbocycles. The molecule has 3 aromatic rings. The first kappa shape index (κ1) is 12.9. The number of rotatable bonds is 2. The van der Waals surface area contributed by atoms with Gasteiger partial charge in [0, 0.05) is 5.56 Å². The van der Waals surface area contributed by atoms with Crippen molar-refractivity contribution >= 4 is 32.4 Å². The van der Waals surface area contributed by atoms with E-state index in [4.69, 9.17) is 10.5 Å². The first-order chi connectivity index (χ1) is 9.65. The van der Waals surface area contributed by atoms with Crippen molar-refractivity contribution in [2.75, 3.05) is 5.73 Å². The quantitative estimate of drug-likeness (QED) is 0.742. The maximum absolute atomic E-state index is 5.89. The second kappa shape index (κ2) is 5.13. The van der Waals surface area contributed by atoms with E-state index in [0.29, 0.717) is 11.6 Å². The van der Waals surface area contributed by atoms with Crippen LogP contribution in [-0.4, -0.2) is 4.98 Å². The van der Waals surface area contributed by atoms with Crippen molar-refractivity contribution in [1.29, 1.82) is 0 Å². The number of nitrogens with zero attached hydrogens (tertiary/aromatic N) is 1. The van der Waals surface area contributed by atoms with E-state index in [0.717, 1.165) is 26.6 Å². The Morgan fingerprint density at radius 3 is 2.75 bits per heavy atom. The average molecular weight is 329 g/mol. The normalized spacial score (nSPS) is 10.7. The van der Waals surface area contributed by atoms with Crippen LogP contribution in [0.2, 0.25) is 0 Å². The molecule has 20 heavy (non-hydrogen) atoms. The zero-order valence-corrected chi connectivity index (χ0v) is 12.5. The lowest BCUT2D eigenvalue weighted by atomic mass is 10.1. The molecule has 0 bridgehead atoms. The predicted octanol–water partition coefficient (Wildman–Crippen LogP) is 4.68. The zero-order valence-electron chi connectivity index (χ0n) is 10.9. The molecule has 1 aromatic heterocycles. The van der Waals surface area contributed by atoms with Crippen LogP contribution in [0.5, 0.6) is 11.6 Å². The van der Waals surface area contributed by atoms with Gasteiger partial charge in [-0.1, -0.05) is 30.3 Å². The van der Waals surface area contributed by atoms with Crippen LogP contribution in [-0.2, 0) is 0 Å². The summed E-state index contributed by atoms with van der Waals surface area (Å²) in [6.07, 6.45) is 1.59. The van der Waals surface area contributed by atoms with E-state index in [1.165, 1.54) is 0 Å². The fourth-order valence-corrected chi connectivity index (χ4v) is 2.66.